The van der Waals surface area contributed by atoms with Gasteiger partial charge in [-0.15, -0.1) is 11.3 Å². The minimum Gasteiger partial charge on any atom is -0.310 e. The van der Waals surface area contributed by atoms with Crippen molar-refractivity contribution in [2.45, 2.75) is 38.3 Å². The Hall–Kier alpha value is -0.670. The first-order valence-electron chi connectivity index (χ1n) is 5.59. The monoisotopic (exact) mass is 221 g/mol. The molecule has 2 bridgehead atoms. The van der Waals surface area contributed by atoms with E-state index in [1.54, 1.807) is 11.3 Å². The molecule has 3 atom stereocenters. The van der Waals surface area contributed by atoms with Gasteiger partial charge < -0.3 is 5.32 Å². The molecule has 3 heterocycles. The Kier molecular flexibility index (Phi) is 2.18. The molecular weight excluding hydrogens is 206 g/mol. The summed E-state index contributed by atoms with van der Waals surface area (Å²) in [5.74, 6) is 0.608. The number of nitrogens with one attached hydrogen (secondary N) is 1. The van der Waals surface area contributed by atoms with Gasteiger partial charge in [-0.3, -0.25) is 4.79 Å². The molecule has 1 N–H and O–H groups in total. The molecule has 1 aromatic heterocycles. The molecule has 2 aliphatic heterocycles. The normalized spacial score (nSPS) is 33.5. The number of hydrogen-bond acceptors (Lipinski definition) is 3. The molecule has 0 spiro atoms. The minimum atomic E-state index is 0.248. The standard InChI is InChI=1S/C12H15NOS/c1-7-4-8(6-15-7)12(14)10-5-9-2-3-11(10)13-9/h4,6,9-11,13H,2-3,5H2,1H3. The van der Waals surface area contributed by atoms with Gasteiger partial charge in [0.15, 0.2) is 5.78 Å². The van der Waals surface area contributed by atoms with Crippen molar-refractivity contribution in [3.8, 4) is 0 Å². The summed E-state index contributed by atoms with van der Waals surface area (Å²) in [6.45, 7) is 2.06. The average Bonchev–Trinajstić information content (AvgIpc) is 2.90. The zero-order valence-corrected chi connectivity index (χ0v) is 9.64. The van der Waals surface area contributed by atoms with E-state index in [9.17, 15) is 4.79 Å². The van der Waals surface area contributed by atoms with Gasteiger partial charge in [0.2, 0.25) is 0 Å². The molecule has 0 radical (unpaired) electrons. The maximum atomic E-state index is 12.2. The Labute approximate surface area is 93.7 Å². The fraction of sp³-hybridized carbons (Fsp3) is 0.583. The number of Topliss-reactive ketones (excluding diaryl/α,β-unsaturated/α-hetero) is 1. The van der Waals surface area contributed by atoms with Gasteiger partial charge in [-0.25, -0.2) is 0 Å². The highest BCUT2D eigenvalue weighted by Crippen LogP contribution is 2.35. The molecule has 2 nitrogen and oxygen atoms in total. The second-order valence-electron chi connectivity index (χ2n) is 4.70. The maximum Gasteiger partial charge on any atom is 0.168 e. The highest BCUT2D eigenvalue weighted by molar-refractivity contribution is 7.10. The molecule has 0 saturated carbocycles. The number of carbonyl (C=O) groups excluding carboxylic acids is 1. The zero-order chi connectivity index (χ0) is 10.4. The van der Waals surface area contributed by atoms with Crippen LogP contribution in [-0.4, -0.2) is 17.9 Å². The highest BCUT2D eigenvalue weighted by Gasteiger charge is 2.42. The van der Waals surface area contributed by atoms with E-state index in [4.69, 9.17) is 0 Å². The van der Waals surface area contributed by atoms with E-state index < -0.39 is 0 Å². The average molecular weight is 221 g/mol. The molecule has 3 unspecified atom stereocenters. The van der Waals surface area contributed by atoms with Crippen LogP contribution in [0.1, 0.15) is 34.5 Å². The van der Waals surface area contributed by atoms with Crippen LogP contribution in [0.5, 0.6) is 0 Å². The maximum absolute atomic E-state index is 12.2. The fourth-order valence-corrected chi connectivity index (χ4v) is 3.59. The van der Waals surface area contributed by atoms with Crippen LogP contribution < -0.4 is 5.32 Å². The van der Waals surface area contributed by atoms with E-state index >= 15 is 0 Å². The van der Waals surface area contributed by atoms with Gasteiger partial charge in [-0.05, 0) is 32.3 Å². The summed E-state index contributed by atoms with van der Waals surface area (Å²) in [6.07, 6.45) is 3.50. The van der Waals surface area contributed by atoms with E-state index in [1.165, 1.54) is 17.7 Å². The molecular formula is C12H15NOS. The molecule has 0 aliphatic carbocycles. The Balaban J connectivity index is 1.81. The van der Waals surface area contributed by atoms with Gasteiger partial charge in [0.05, 0.1) is 0 Å². The second-order valence-corrected chi connectivity index (χ2v) is 5.82. The van der Waals surface area contributed by atoms with Crippen LogP contribution in [0.2, 0.25) is 0 Å². The topological polar surface area (TPSA) is 29.1 Å². The van der Waals surface area contributed by atoms with Crippen molar-refractivity contribution in [3.05, 3.63) is 21.9 Å². The van der Waals surface area contributed by atoms with Gasteiger partial charge in [0, 0.05) is 33.8 Å². The molecule has 2 fully saturated rings. The lowest BCUT2D eigenvalue weighted by molar-refractivity contribution is 0.0901. The molecule has 3 rings (SSSR count). The van der Waals surface area contributed by atoms with E-state index in [0.717, 1.165) is 12.0 Å². The van der Waals surface area contributed by atoms with Crippen LogP contribution in [0, 0.1) is 12.8 Å². The van der Waals surface area contributed by atoms with Crippen molar-refractivity contribution in [2.24, 2.45) is 5.92 Å². The zero-order valence-electron chi connectivity index (χ0n) is 8.82. The highest BCUT2D eigenvalue weighted by atomic mass is 32.1. The van der Waals surface area contributed by atoms with Gasteiger partial charge in [-0.2, -0.15) is 0 Å². The van der Waals surface area contributed by atoms with Crippen LogP contribution in [0.4, 0.5) is 0 Å². The third-order valence-electron chi connectivity index (χ3n) is 3.65. The summed E-state index contributed by atoms with van der Waals surface area (Å²) in [5.41, 5.74) is 0.928. The molecule has 15 heavy (non-hydrogen) atoms. The smallest absolute Gasteiger partial charge is 0.168 e. The molecule has 2 saturated heterocycles. The number of fused-ring (bicyclic) bond motifs is 2. The van der Waals surface area contributed by atoms with Crippen molar-refractivity contribution in [1.29, 1.82) is 0 Å². The summed E-state index contributed by atoms with van der Waals surface area (Å²) < 4.78 is 0. The number of aryl methyl sites for hydroxylation is 1. The Bertz CT molecular complexity index is 398. The molecule has 1 aromatic rings. The predicted octanol–water partition coefficient (Wildman–Crippen LogP) is 2.38. The van der Waals surface area contributed by atoms with E-state index in [1.807, 2.05) is 11.4 Å². The number of ketones is 1. The second kappa shape index (κ2) is 3.42. The first-order chi connectivity index (χ1) is 7.24. The van der Waals surface area contributed by atoms with Crippen molar-refractivity contribution in [1.82, 2.24) is 5.32 Å². The van der Waals surface area contributed by atoms with Crippen molar-refractivity contribution in [3.63, 3.8) is 0 Å². The Morgan fingerprint density at radius 3 is 2.93 bits per heavy atom. The van der Waals surface area contributed by atoms with Gasteiger partial charge >= 0.3 is 0 Å². The van der Waals surface area contributed by atoms with Crippen molar-refractivity contribution < 1.29 is 4.79 Å². The largest absolute Gasteiger partial charge is 0.310 e. The van der Waals surface area contributed by atoms with Crippen LogP contribution in [0.25, 0.3) is 0 Å². The number of rotatable bonds is 2. The molecule has 0 amide bonds. The Morgan fingerprint density at radius 2 is 2.40 bits per heavy atom. The Morgan fingerprint density at radius 1 is 1.53 bits per heavy atom. The van der Waals surface area contributed by atoms with Crippen LogP contribution in [0.3, 0.4) is 0 Å². The lowest BCUT2D eigenvalue weighted by Crippen LogP contribution is -2.28. The molecule has 0 aromatic carbocycles. The van der Waals surface area contributed by atoms with Gasteiger partial charge in [0.25, 0.3) is 0 Å². The molecule has 2 aliphatic rings. The van der Waals surface area contributed by atoms with Crippen molar-refractivity contribution >= 4 is 17.1 Å². The summed E-state index contributed by atoms with van der Waals surface area (Å²) in [6, 6.07) is 3.10. The van der Waals surface area contributed by atoms with E-state index in [2.05, 4.69) is 12.2 Å². The van der Waals surface area contributed by atoms with Crippen LogP contribution in [-0.2, 0) is 0 Å². The SMILES string of the molecule is Cc1cc(C(=O)C2CC3CCC2N3)cs1. The third-order valence-corrected chi connectivity index (χ3v) is 4.51. The summed E-state index contributed by atoms with van der Waals surface area (Å²) in [4.78, 5) is 13.4. The lowest BCUT2D eigenvalue weighted by Gasteiger charge is -2.17. The van der Waals surface area contributed by atoms with Gasteiger partial charge in [0.1, 0.15) is 0 Å². The number of hydrogen-bond donors (Lipinski definition) is 1. The first kappa shape index (κ1) is 9.55. The minimum absolute atomic E-state index is 0.248. The van der Waals surface area contributed by atoms with Gasteiger partial charge in [-0.1, -0.05) is 0 Å². The summed E-state index contributed by atoms with van der Waals surface area (Å²) in [7, 11) is 0. The summed E-state index contributed by atoms with van der Waals surface area (Å²) >= 11 is 1.67. The summed E-state index contributed by atoms with van der Waals surface area (Å²) in [5, 5.41) is 5.52. The predicted molar refractivity (Wildman–Crippen MR) is 61.4 cm³/mol. The van der Waals surface area contributed by atoms with E-state index in [0.29, 0.717) is 17.9 Å². The number of carbonyl (C=O) groups is 1. The first-order valence-corrected chi connectivity index (χ1v) is 6.47. The third kappa shape index (κ3) is 1.54. The molecule has 80 valence electrons. The lowest BCUT2D eigenvalue weighted by atomic mass is 9.84. The fourth-order valence-electron chi connectivity index (χ4n) is 2.90. The van der Waals surface area contributed by atoms with Crippen molar-refractivity contribution in [2.75, 3.05) is 0 Å². The van der Waals surface area contributed by atoms with Crippen LogP contribution in [0.15, 0.2) is 11.4 Å². The van der Waals surface area contributed by atoms with E-state index in [-0.39, 0.29) is 5.92 Å². The quantitative estimate of drug-likeness (QED) is 0.777. The van der Waals surface area contributed by atoms with Crippen LogP contribution >= 0.6 is 11.3 Å². The molecule has 3 heteroatoms. The number of thiophene rings is 1.